The van der Waals surface area contributed by atoms with E-state index in [9.17, 15) is 38.4 Å². The number of amides is 1. The maximum absolute atomic E-state index is 11.6. The summed E-state index contributed by atoms with van der Waals surface area (Å²) < 4.78 is 61.0. The highest BCUT2D eigenvalue weighted by atomic mass is 32.3. The number of aliphatic hydroxyl groups excluding tert-OH is 3. The molecule has 2 rings (SSSR count). The van der Waals surface area contributed by atoms with Crippen LogP contribution in [0.5, 0.6) is 0 Å². The maximum Gasteiger partial charge on any atom is 0.399 e. The molecule has 6 N–H and O–H groups in total. The first kappa shape index (κ1) is 26.7. The highest BCUT2D eigenvalue weighted by Gasteiger charge is 2.54. The van der Waals surface area contributed by atoms with E-state index in [-0.39, 0.29) is 0 Å². The number of nitrogens with one attached hydrogen (secondary N) is 1. The van der Waals surface area contributed by atoms with E-state index in [4.69, 9.17) is 28.2 Å². The molecule has 6 unspecified atom stereocenters. The summed E-state index contributed by atoms with van der Waals surface area (Å²) >= 11 is 0. The molecule has 0 radical (unpaired) electrons. The van der Waals surface area contributed by atoms with Gasteiger partial charge in [-0.25, -0.2) is 8.98 Å². The van der Waals surface area contributed by atoms with Crippen LogP contribution in [0.2, 0.25) is 0 Å². The number of carbonyl (C=O) groups is 2. The highest BCUT2D eigenvalue weighted by Crippen LogP contribution is 2.31. The Bertz CT molecular complexity index is 777. The summed E-state index contributed by atoms with van der Waals surface area (Å²) in [6.07, 6.45) is -16.3. The van der Waals surface area contributed by atoms with E-state index in [1.807, 2.05) is 0 Å². The van der Waals surface area contributed by atoms with Gasteiger partial charge in [0.15, 0.2) is 18.7 Å². The molecule has 2 aliphatic rings. The molecule has 0 aromatic rings. The van der Waals surface area contributed by atoms with Gasteiger partial charge in [-0.05, 0) is 0 Å². The van der Waals surface area contributed by atoms with Crippen molar-refractivity contribution in [3.63, 3.8) is 0 Å². The summed E-state index contributed by atoms with van der Waals surface area (Å²) in [7, 11) is -2.96. The molecule has 2 heterocycles. The minimum Gasteiger partial charge on any atom is -0.479 e. The van der Waals surface area contributed by atoms with Crippen molar-refractivity contribution in [3.05, 3.63) is 0 Å². The molecule has 0 bridgehead atoms. The van der Waals surface area contributed by atoms with Gasteiger partial charge in [-0.1, -0.05) is 0 Å². The molecule has 0 aromatic carbocycles. The minimum atomic E-state index is -5.13. The normalized spacial score (nSPS) is 40.6. The van der Waals surface area contributed by atoms with E-state index in [0.29, 0.717) is 0 Å². The second-order valence-corrected chi connectivity index (χ2v) is 7.94. The molecule has 17 heteroatoms. The Labute approximate surface area is 181 Å². The van der Waals surface area contributed by atoms with E-state index in [1.165, 1.54) is 0 Å². The first-order valence-corrected chi connectivity index (χ1v) is 10.4. The molecule has 10 atom stereocenters. The van der Waals surface area contributed by atoms with Crippen LogP contribution in [0.25, 0.3) is 0 Å². The van der Waals surface area contributed by atoms with Gasteiger partial charge in [-0.2, -0.15) is 8.42 Å². The van der Waals surface area contributed by atoms with Gasteiger partial charge in [0.2, 0.25) is 12.2 Å². The number of ether oxygens (including phenoxy) is 5. The molecule has 2 fully saturated rings. The van der Waals surface area contributed by atoms with Crippen molar-refractivity contribution in [3.8, 4) is 0 Å². The van der Waals surface area contributed by atoms with Crippen LogP contribution < -0.4 is 5.32 Å². The van der Waals surface area contributed by atoms with Crippen LogP contribution >= 0.6 is 0 Å². The van der Waals surface area contributed by atoms with Crippen LogP contribution in [-0.4, -0.2) is 121 Å². The molecule has 16 nitrogen and oxygen atoms in total. The van der Waals surface area contributed by atoms with Gasteiger partial charge < -0.3 is 49.4 Å². The third kappa shape index (κ3) is 6.08. The van der Waals surface area contributed by atoms with Crippen molar-refractivity contribution in [1.82, 2.24) is 5.32 Å². The number of hydrogen-bond acceptors (Lipinski definition) is 13. The Morgan fingerprint density at radius 2 is 1.53 bits per heavy atom. The third-order valence-corrected chi connectivity index (χ3v) is 5.13. The van der Waals surface area contributed by atoms with Crippen molar-refractivity contribution in [2.45, 2.75) is 68.5 Å². The Morgan fingerprint density at radius 3 is 2.00 bits per heavy atom. The number of carbonyl (C=O) groups excluding carboxylic acids is 1. The van der Waals surface area contributed by atoms with Gasteiger partial charge in [-0.15, -0.1) is 0 Å². The van der Waals surface area contributed by atoms with Gasteiger partial charge in [0.1, 0.15) is 36.6 Å². The Morgan fingerprint density at radius 1 is 0.906 bits per heavy atom. The standard InChI is InChI=1S/C15H25NO15S/c1-4(17)16-5-9(8(20)15(30-13(5)27-3)31-32(23,24)25)28-14-7(19)6(18)10(26-2)11(29-14)12(21)22/h5-11,13-15,18-20H,1-3H3,(H,16,17)(H,21,22)(H,23,24,25)/t5?,6?,7?,8-,9?,10-,11?,13+,14+,15?/m0/s1. The minimum absolute atomic E-state index is 0.663. The molecule has 0 aliphatic carbocycles. The Hall–Kier alpha value is -1.51. The van der Waals surface area contributed by atoms with Gasteiger partial charge in [-0.3, -0.25) is 9.35 Å². The quantitative estimate of drug-likeness (QED) is 0.177. The molecular weight excluding hydrogens is 466 g/mol. The molecule has 1 amide bonds. The van der Waals surface area contributed by atoms with E-state index >= 15 is 0 Å². The van der Waals surface area contributed by atoms with Crippen LogP contribution in [0.3, 0.4) is 0 Å². The lowest BCUT2D eigenvalue weighted by molar-refractivity contribution is -0.353. The van der Waals surface area contributed by atoms with Crippen LogP contribution in [0.15, 0.2) is 0 Å². The van der Waals surface area contributed by atoms with Crippen LogP contribution in [0.1, 0.15) is 6.92 Å². The Balaban J connectivity index is 2.37. The fourth-order valence-electron chi connectivity index (χ4n) is 3.34. The fraction of sp³-hybridized carbons (Fsp3) is 0.867. The lowest BCUT2D eigenvalue weighted by atomic mass is 9.97. The largest absolute Gasteiger partial charge is 0.479 e. The first-order valence-electron chi connectivity index (χ1n) is 9.02. The molecule has 0 spiro atoms. The van der Waals surface area contributed by atoms with E-state index in [0.717, 1.165) is 21.1 Å². The summed E-state index contributed by atoms with van der Waals surface area (Å²) in [6.45, 7) is 1.09. The zero-order valence-electron chi connectivity index (χ0n) is 17.0. The zero-order valence-corrected chi connectivity index (χ0v) is 17.8. The molecule has 2 aliphatic heterocycles. The predicted molar refractivity (Wildman–Crippen MR) is 95.9 cm³/mol. The van der Waals surface area contributed by atoms with Crippen LogP contribution in [0, 0.1) is 0 Å². The van der Waals surface area contributed by atoms with E-state index in [1.54, 1.807) is 0 Å². The number of aliphatic hydroxyl groups is 3. The van der Waals surface area contributed by atoms with Crippen molar-refractivity contribution in [2.75, 3.05) is 14.2 Å². The lowest BCUT2D eigenvalue weighted by Crippen LogP contribution is -2.68. The topological polar surface area (TPSA) is 237 Å². The number of carboxylic acid groups (broad SMARTS) is 1. The molecule has 0 aromatic heterocycles. The molecule has 2 saturated heterocycles. The smallest absolute Gasteiger partial charge is 0.399 e. The van der Waals surface area contributed by atoms with Gasteiger partial charge in [0, 0.05) is 21.1 Å². The number of hydrogen-bond donors (Lipinski definition) is 6. The predicted octanol–water partition coefficient (Wildman–Crippen LogP) is -4.07. The maximum atomic E-state index is 11.6. The monoisotopic (exact) mass is 491 g/mol. The molecule has 186 valence electrons. The third-order valence-electron chi connectivity index (χ3n) is 4.70. The summed E-state index contributed by atoms with van der Waals surface area (Å²) in [6, 6.07) is -1.37. The van der Waals surface area contributed by atoms with E-state index in [2.05, 4.69) is 9.50 Å². The molecule has 32 heavy (non-hydrogen) atoms. The SMILES string of the molecule is CO[C@@H]1OC(OS(=O)(=O)O)[C@@H](O)C(O[C@@H]2OC(C(=O)O)[C@@H](OC)C(O)C2O)C1NC(C)=O. The first-order chi connectivity index (χ1) is 14.8. The van der Waals surface area contributed by atoms with E-state index < -0.39 is 83.8 Å². The second-order valence-electron chi connectivity index (χ2n) is 6.89. The number of aliphatic carboxylic acids is 1. The summed E-state index contributed by atoms with van der Waals surface area (Å²) in [5.41, 5.74) is 0. The molecular formula is C15H25NO15S. The van der Waals surface area contributed by atoms with Gasteiger partial charge >= 0.3 is 16.4 Å². The van der Waals surface area contributed by atoms with Gasteiger partial charge in [0.25, 0.3) is 0 Å². The number of carboxylic acids is 1. The summed E-state index contributed by atoms with van der Waals surface area (Å²) in [4.78, 5) is 23.1. The number of methoxy groups -OCH3 is 2. The number of rotatable bonds is 8. The average molecular weight is 491 g/mol. The van der Waals surface area contributed by atoms with Crippen molar-refractivity contribution >= 4 is 22.3 Å². The van der Waals surface area contributed by atoms with Gasteiger partial charge in [0.05, 0.1) is 0 Å². The highest BCUT2D eigenvalue weighted by molar-refractivity contribution is 7.80. The average Bonchev–Trinajstić information content (AvgIpc) is 2.68. The zero-order chi connectivity index (χ0) is 24.4. The second kappa shape index (κ2) is 10.6. The Kier molecular flexibility index (Phi) is 8.87. The van der Waals surface area contributed by atoms with Crippen LogP contribution in [-0.2, 0) is 47.9 Å². The van der Waals surface area contributed by atoms with Crippen LogP contribution in [0.4, 0.5) is 0 Å². The van der Waals surface area contributed by atoms with Crippen molar-refractivity contribution in [2.24, 2.45) is 0 Å². The summed E-state index contributed by atoms with van der Waals surface area (Å²) in [5, 5.41) is 42.8. The lowest BCUT2D eigenvalue weighted by Gasteiger charge is -2.46. The molecule has 0 saturated carbocycles. The van der Waals surface area contributed by atoms with Crippen molar-refractivity contribution in [1.29, 1.82) is 0 Å². The van der Waals surface area contributed by atoms with Crippen molar-refractivity contribution < 1.29 is 70.9 Å². The summed E-state index contributed by atoms with van der Waals surface area (Å²) in [5.74, 6) is -2.23. The fourth-order valence-corrected chi connectivity index (χ4v) is 3.74.